The van der Waals surface area contributed by atoms with E-state index in [0.29, 0.717) is 6.42 Å². The van der Waals surface area contributed by atoms with E-state index in [-0.39, 0.29) is 11.4 Å². The minimum Gasteiger partial charge on any atom is -0.368 e. The number of hydrogen-bond acceptors (Lipinski definition) is 5. The number of hydrogen-bond donors (Lipinski definition) is 3. The molecule has 5 N–H and O–H groups in total. The molecule has 0 fully saturated rings. The molecule has 0 bridgehead atoms. The van der Waals surface area contributed by atoms with E-state index in [1.54, 1.807) is 0 Å². The molecule has 13 heavy (non-hydrogen) atoms. The molecule has 0 radical (unpaired) electrons. The first kappa shape index (κ1) is 9.98. The van der Waals surface area contributed by atoms with E-state index >= 15 is 0 Å². The highest BCUT2D eigenvalue weighted by atomic mass is 15.3. The quantitative estimate of drug-likeness (QED) is 0.534. The first-order valence-electron chi connectivity index (χ1n) is 4.25. The Labute approximate surface area is 78.3 Å². The van der Waals surface area contributed by atoms with E-state index in [1.165, 1.54) is 6.34 Å². The Morgan fingerprint density at radius 2 is 2.15 bits per heavy atom. The fraction of sp³-hybridized carbons (Fsp3) is 0.750. The summed E-state index contributed by atoms with van der Waals surface area (Å²) in [6.07, 6.45) is 2.20. The summed E-state index contributed by atoms with van der Waals surface area (Å²) in [5.74, 6) is -0.574. The van der Waals surface area contributed by atoms with Gasteiger partial charge < -0.3 is 11.1 Å². The van der Waals surface area contributed by atoms with Crippen LogP contribution in [-0.4, -0.2) is 18.1 Å². The van der Waals surface area contributed by atoms with Crippen LogP contribution in [0.4, 0.5) is 0 Å². The van der Waals surface area contributed by atoms with E-state index in [0.717, 1.165) is 0 Å². The van der Waals surface area contributed by atoms with Crippen molar-refractivity contribution in [3.05, 3.63) is 0 Å². The SMILES string of the molecule is CC(C)(C)CC1(N)N=C(N)N=CN1. The molecular weight excluding hydrogens is 166 g/mol. The maximum absolute atomic E-state index is 5.97. The summed E-state index contributed by atoms with van der Waals surface area (Å²) in [6.45, 7) is 6.29. The van der Waals surface area contributed by atoms with Crippen molar-refractivity contribution in [3.63, 3.8) is 0 Å². The predicted octanol–water partition coefficient (Wildman–Crippen LogP) is -0.0187. The summed E-state index contributed by atoms with van der Waals surface area (Å²) in [6, 6.07) is 0. The third-order valence-electron chi connectivity index (χ3n) is 1.63. The fourth-order valence-electron chi connectivity index (χ4n) is 1.37. The van der Waals surface area contributed by atoms with Crippen molar-refractivity contribution in [2.24, 2.45) is 26.9 Å². The Morgan fingerprint density at radius 3 is 2.62 bits per heavy atom. The smallest absolute Gasteiger partial charge is 0.220 e. The van der Waals surface area contributed by atoms with Gasteiger partial charge in [-0.25, -0.2) is 9.98 Å². The predicted molar refractivity (Wildman–Crippen MR) is 54.2 cm³/mol. The zero-order chi connectivity index (χ0) is 10.1. The van der Waals surface area contributed by atoms with Crippen molar-refractivity contribution < 1.29 is 0 Å². The summed E-state index contributed by atoms with van der Waals surface area (Å²) in [5, 5.41) is 2.90. The topological polar surface area (TPSA) is 88.8 Å². The fourth-order valence-corrected chi connectivity index (χ4v) is 1.37. The van der Waals surface area contributed by atoms with Gasteiger partial charge in [-0.15, -0.1) is 0 Å². The van der Waals surface area contributed by atoms with Crippen molar-refractivity contribution in [3.8, 4) is 0 Å². The first-order chi connectivity index (χ1) is 5.81. The lowest BCUT2D eigenvalue weighted by Gasteiger charge is -2.33. The van der Waals surface area contributed by atoms with E-state index in [9.17, 15) is 0 Å². The average molecular weight is 183 g/mol. The van der Waals surface area contributed by atoms with Crippen molar-refractivity contribution >= 4 is 12.3 Å². The van der Waals surface area contributed by atoms with Crippen LogP contribution in [-0.2, 0) is 0 Å². The molecule has 0 aromatic heterocycles. The van der Waals surface area contributed by atoms with Crippen LogP contribution < -0.4 is 16.8 Å². The lowest BCUT2D eigenvalue weighted by atomic mass is 9.88. The third-order valence-corrected chi connectivity index (χ3v) is 1.63. The molecule has 0 spiro atoms. The van der Waals surface area contributed by atoms with Crippen molar-refractivity contribution in [2.75, 3.05) is 0 Å². The van der Waals surface area contributed by atoms with Crippen LogP contribution in [0.15, 0.2) is 9.98 Å². The largest absolute Gasteiger partial charge is 0.368 e. The molecule has 1 atom stereocenters. The number of nitrogens with one attached hydrogen (secondary N) is 1. The minimum absolute atomic E-state index is 0.0940. The Bertz CT molecular complexity index is 250. The van der Waals surface area contributed by atoms with Crippen LogP contribution in [0.2, 0.25) is 0 Å². The van der Waals surface area contributed by atoms with Gasteiger partial charge in [0.15, 0.2) is 5.79 Å². The highest BCUT2D eigenvalue weighted by Crippen LogP contribution is 2.25. The zero-order valence-electron chi connectivity index (χ0n) is 8.33. The van der Waals surface area contributed by atoms with Gasteiger partial charge in [0.2, 0.25) is 5.96 Å². The van der Waals surface area contributed by atoms with E-state index in [4.69, 9.17) is 11.5 Å². The van der Waals surface area contributed by atoms with E-state index < -0.39 is 5.79 Å². The molecular formula is C8H17N5. The molecule has 74 valence electrons. The average Bonchev–Trinajstić information content (AvgIpc) is 1.79. The number of guanidine groups is 1. The number of aliphatic imine (C=N–C) groups is 2. The Morgan fingerprint density at radius 1 is 1.54 bits per heavy atom. The van der Waals surface area contributed by atoms with Gasteiger partial charge in [0.1, 0.15) is 0 Å². The van der Waals surface area contributed by atoms with Crippen molar-refractivity contribution in [1.82, 2.24) is 5.32 Å². The van der Waals surface area contributed by atoms with E-state index in [1.807, 2.05) is 0 Å². The highest BCUT2D eigenvalue weighted by molar-refractivity contribution is 5.88. The van der Waals surface area contributed by atoms with Gasteiger partial charge in [0.25, 0.3) is 0 Å². The molecule has 0 amide bonds. The molecule has 1 aliphatic heterocycles. The van der Waals surface area contributed by atoms with Crippen LogP contribution in [0.5, 0.6) is 0 Å². The van der Waals surface area contributed by atoms with Crippen LogP contribution in [0.3, 0.4) is 0 Å². The van der Waals surface area contributed by atoms with Crippen molar-refractivity contribution in [2.45, 2.75) is 33.0 Å². The van der Waals surface area contributed by atoms with Gasteiger partial charge in [-0.3, -0.25) is 5.73 Å². The molecule has 0 aliphatic carbocycles. The summed E-state index contributed by atoms with van der Waals surface area (Å²) in [4.78, 5) is 7.83. The summed E-state index contributed by atoms with van der Waals surface area (Å²) in [7, 11) is 0. The van der Waals surface area contributed by atoms with Crippen LogP contribution >= 0.6 is 0 Å². The molecule has 1 unspecified atom stereocenters. The molecule has 5 nitrogen and oxygen atoms in total. The number of rotatable bonds is 1. The molecule has 0 saturated carbocycles. The first-order valence-corrected chi connectivity index (χ1v) is 4.25. The molecule has 0 aromatic rings. The third kappa shape index (κ3) is 3.02. The molecule has 5 heteroatoms. The maximum atomic E-state index is 5.97. The Hall–Kier alpha value is -1.10. The minimum atomic E-state index is -0.802. The highest BCUT2D eigenvalue weighted by Gasteiger charge is 2.31. The summed E-state index contributed by atoms with van der Waals surface area (Å²) in [5.41, 5.74) is 11.5. The molecule has 0 aromatic carbocycles. The Kier molecular flexibility index (Phi) is 2.30. The van der Waals surface area contributed by atoms with Gasteiger partial charge in [-0.05, 0) is 5.41 Å². The van der Waals surface area contributed by atoms with Crippen LogP contribution in [0.25, 0.3) is 0 Å². The molecule has 0 saturated heterocycles. The van der Waals surface area contributed by atoms with Gasteiger partial charge >= 0.3 is 0 Å². The van der Waals surface area contributed by atoms with Gasteiger partial charge in [-0.2, -0.15) is 0 Å². The zero-order valence-corrected chi connectivity index (χ0v) is 8.33. The summed E-state index contributed by atoms with van der Waals surface area (Å²) >= 11 is 0. The van der Waals surface area contributed by atoms with E-state index in [2.05, 4.69) is 36.1 Å². The van der Waals surface area contributed by atoms with Gasteiger partial charge in [-0.1, -0.05) is 20.8 Å². The Balaban J connectivity index is 2.73. The van der Waals surface area contributed by atoms with Crippen LogP contribution in [0.1, 0.15) is 27.2 Å². The summed E-state index contributed by atoms with van der Waals surface area (Å²) < 4.78 is 0. The standard InChI is InChI=1S/C8H17N5/c1-7(2,3)4-8(10)12-5-11-6(9)13-8/h5H,4,10H2,1-3H3,(H3,9,11,12,13). The van der Waals surface area contributed by atoms with Gasteiger partial charge in [0.05, 0.1) is 6.34 Å². The van der Waals surface area contributed by atoms with Crippen molar-refractivity contribution in [1.29, 1.82) is 0 Å². The normalized spacial score (nSPS) is 28.2. The lowest BCUT2D eigenvalue weighted by Crippen LogP contribution is -2.56. The second-order valence-electron chi connectivity index (χ2n) is 4.53. The monoisotopic (exact) mass is 183 g/mol. The second-order valence-corrected chi connectivity index (χ2v) is 4.53. The lowest BCUT2D eigenvalue weighted by molar-refractivity contribution is 0.246. The molecule has 1 rings (SSSR count). The molecule has 1 heterocycles. The number of nitrogens with zero attached hydrogens (tertiary/aromatic N) is 2. The molecule has 1 aliphatic rings. The second kappa shape index (κ2) is 2.99. The van der Waals surface area contributed by atoms with Gasteiger partial charge in [0, 0.05) is 6.42 Å². The van der Waals surface area contributed by atoms with Crippen LogP contribution in [0, 0.1) is 5.41 Å². The maximum Gasteiger partial charge on any atom is 0.220 e. The number of nitrogens with two attached hydrogens (primary N) is 2.